The number of ether oxygens (including phenoxy) is 1. The summed E-state index contributed by atoms with van der Waals surface area (Å²) in [5.74, 6) is 0.802. The van der Waals surface area contributed by atoms with Crippen LogP contribution in [0.5, 0.6) is 5.75 Å². The molecule has 3 aromatic carbocycles. The molecular weight excluding hydrogens is 412 g/mol. The molecule has 0 saturated carbocycles. The van der Waals surface area contributed by atoms with Crippen molar-refractivity contribution in [2.75, 3.05) is 19.7 Å². The van der Waals surface area contributed by atoms with Crippen LogP contribution < -0.4 is 4.74 Å². The number of hydrogen-bond acceptors (Lipinski definition) is 3. The summed E-state index contributed by atoms with van der Waals surface area (Å²) < 4.78 is 5.60. The van der Waals surface area contributed by atoms with Crippen LogP contribution in [0.25, 0.3) is 11.1 Å². The first-order valence-electron chi connectivity index (χ1n) is 11.6. The monoisotopic (exact) mass is 440 g/mol. The molecule has 1 saturated heterocycles. The summed E-state index contributed by atoms with van der Waals surface area (Å²) in [5.41, 5.74) is 4.78. The summed E-state index contributed by atoms with van der Waals surface area (Å²) in [6, 6.07) is 26.1. The fourth-order valence-corrected chi connectivity index (χ4v) is 4.85. The molecule has 0 spiro atoms. The highest BCUT2D eigenvalue weighted by Gasteiger charge is 2.32. The van der Waals surface area contributed by atoms with Crippen LogP contribution in [0.1, 0.15) is 24.0 Å². The molecule has 168 valence electrons. The Bertz CT molecular complexity index is 1090. The van der Waals surface area contributed by atoms with Crippen molar-refractivity contribution in [1.29, 1.82) is 0 Å². The molecule has 0 aliphatic carbocycles. The summed E-state index contributed by atoms with van der Waals surface area (Å²) in [5, 5.41) is 0. The average Bonchev–Trinajstić information content (AvgIpc) is 3.04. The number of amides is 2. The van der Waals surface area contributed by atoms with Crippen LogP contribution in [-0.2, 0) is 22.7 Å². The number of fused-ring (bicyclic) bond motifs is 3. The Labute approximate surface area is 194 Å². The molecule has 0 unspecified atom stereocenters. The third kappa shape index (κ3) is 4.63. The SMILES string of the molecule is O=C(COc1ccccc1)N1CCC(C(=O)N2Cc3ccccc3-c3ccccc3C2)CC1. The first-order valence-corrected chi connectivity index (χ1v) is 11.6. The number of hydrogen-bond donors (Lipinski definition) is 0. The fraction of sp³-hybridized carbons (Fsp3) is 0.286. The van der Waals surface area contributed by atoms with Gasteiger partial charge in [-0.1, -0.05) is 66.7 Å². The molecule has 5 rings (SSSR count). The van der Waals surface area contributed by atoms with Crippen LogP contribution in [-0.4, -0.2) is 41.3 Å². The van der Waals surface area contributed by atoms with Gasteiger partial charge in [0.15, 0.2) is 6.61 Å². The van der Waals surface area contributed by atoms with Crippen LogP contribution >= 0.6 is 0 Å². The van der Waals surface area contributed by atoms with Gasteiger partial charge >= 0.3 is 0 Å². The van der Waals surface area contributed by atoms with Crippen molar-refractivity contribution in [2.45, 2.75) is 25.9 Å². The zero-order chi connectivity index (χ0) is 22.6. The van der Waals surface area contributed by atoms with Crippen LogP contribution in [0.2, 0.25) is 0 Å². The highest BCUT2D eigenvalue weighted by molar-refractivity contribution is 5.82. The molecule has 0 bridgehead atoms. The minimum atomic E-state index is -0.0542. The number of carbonyl (C=O) groups excluding carboxylic acids is 2. The molecule has 0 aromatic heterocycles. The van der Waals surface area contributed by atoms with Crippen LogP contribution in [0.15, 0.2) is 78.9 Å². The van der Waals surface area contributed by atoms with E-state index in [1.54, 1.807) is 0 Å². The molecule has 2 amide bonds. The van der Waals surface area contributed by atoms with E-state index >= 15 is 0 Å². The highest BCUT2D eigenvalue weighted by atomic mass is 16.5. The number of rotatable bonds is 4. The molecule has 5 heteroatoms. The lowest BCUT2D eigenvalue weighted by molar-refractivity contribution is -0.142. The molecule has 0 radical (unpaired) electrons. The maximum atomic E-state index is 13.5. The first-order chi connectivity index (χ1) is 16.2. The third-order valence-electron chi connectivity index (χ3n) is 6.66. The van der Waals surface area contributed by atoms with Crippen molar-refractivity contribution < 1.29 is 14.3 Å². The highest BCUT2D eigenvalue weighted by Crippen LogP contribution is 2.33. The Morgan fingerprint density at radius 2 is 1.27 bits per heavy atom. The Morgan fingerprint density at radius 1 is 0.727 bits per heavy atom. The number of nitrogens with zero attached hydrogens (tertiary/aromatic N) is 2. The van der Waals surface area contributed by atoms with Gasteiger partial charge in [0.25, 0.3) is 5.91 Å². The molecule has 33 heavy (non-hydrogen) atoms. The maximum absolute atomic E-state index is 13.5. The smallest absolute Gasteiger partial charge is 0.260 e. The van der Waals surface area contributed by atoms with Gasteiger partial charge in [0, 0.05) is 32.1 Å². The Hall–Kier alpha value is -3.60. The summed E-state index contributed by atoms with van der Waals surface area (Å²) in [7, 11) is 0. The number of carbonyl (C=O) groups is 2. The lowest BCUT2D eigenvalue weighted by Gasteiger charge is -2.34. The van der Waals surface area contributed by atoms with Crippen molar-refractivity contribution in [2.24, 2.45) is 5.92 Å². The Kier molecular flexibility index (Phi) is 6.11. The van der Waals surface area contributed by atoms with Crippen molar-refractivity contribution in [1.82, 2.24) is 9.80 Å². The number of likely N-dealkylation sites (tertiary alicyclic amines) is 1. The molecule has 1 fully saturated rings. The zero-order valence-corrected chi connectivity index (χ0v) is 18.7. The van der Waals surface area contributed by atoms with Crippen molar-refractivity contribution in [3.63, 3.8) is 0 Å². The number of benzene rings is 3. The van der Waals surface area contributed by atoms with Crippen molar-refractivity contribution >= 4 is 11.8 Å². The van der Waals surface area contributed by atoms with Gasteiger partial charge in [-0.3, -0.25) is 9.59 Å². The third-order valence-corrected chi connectivity index (χ3v) is 6.66. The molecule has 5 nitrogen and oxygen atoms in total. The zero-order valence-electron chi connectivity index (χ0n) is 18.7. The lowest BCUT2D eigenvalue weighted by atomic mass is 9.95. The summed E-state index contributed by atoms with van der Waals surface area (Å²) in [4.78, 5) is 29.9. The summed E-state index contributed by atoms with van der Waals surface area (Å²) in [6.07, 6.45) is 1.38. The quantitative estimate of drug-likeness (QED) is 0.600. The van der Waals surface area contributed by atoms with Gasteiger partial charge in [-0.2, -0.15) is 0 Å². The normalized spacial score (nSPS) is 15.9. The minimum absolute atomic E-state index is 0.0256. The van der Waals surface area contributed by atoms with Gasteiger partial charge in [0.05, 0.1) is 0 Å². The lowest BCUT2D eigenvalue weighted by Crippen LogP contribution is -2.45. The molecule has 2 aliphatic heterocycles. The Morgan fingerprint density at radius 3 is 1.88 bits per heavy atom. The van der Waals surface area contributed by atoms with Crippen LogP contribution in [0.3, 0.4) is 0 Å². The predicted molar refractivity (Wildman–Crippen MR) is 127 cm³/mol. The maximum Gasteiger partial charge on any atom is 0.260 e. The molecule has 0 atom stereocenters. The molecular formula is C28H28N2O3. The topological polar surface area (TPSA) is 49.9 Å². The van der Waals surface area contributed by atoms with Gasteiger partial charge < -0.3 is 14.5 Å². The first kappa shape index (κ1) is 21.3. The summed E-state index contributed by atoms with van der Waals surface area (Å²) in [6.45, 7) is 2.45. The van der Waals surface area contributed by atoms with Gasteiger partial charge in [-0.05, 0) is 47.2 Å². The standard InChI is InChI=1S/C28H28N2O3/c31-27(20-33-24-10-2-1-3-11-24)29-16-14-21(15-17-29)28(32)30-18-22-8-4-6-12-25(22)26-13-7-5-9-23(26)19-30/h1-13,21H,14-20H2. The van der Waals surface area contributed by atoms with Gasteiger partial charge in [0.1, 0.15) is 5.75 Å². The summed E-state index contributed by atoms with van der Waals surface area (Å²) >= 11 is 0. The number of para-hydroxylation sites is 1. The van der Waals surface area contributed by atoms with Crippen LogP contribution in [0, 0.1) is 5.92 Å². The predicted octanol–water partition coefficient (Wildman–Crippen LogP) is 4.51. The van der Waals surface area contributed by atoms with E-state index in [0.29, 0.717) is 44.8 Å². The van der Waals surface area contributed by atoms with Gasteiger partial charge in [-0.15, -0.1) is 0 Å². The van der Waals surface area contributed by atoms with E-state index in [2.05, 4.69) is 36.4 Å². The van der Waals surface area contributed by atoms with E-state index in [0.717, 1.165) is 0 Å². The van der Waals surface area contributed by atoms with E-state index in [1.165, 1.54) is 22.3 Å². The van der Waals surface area contributed by atoms with Gasteiger partial charge in [0.2, 0.25) is 5.91 Å². The molecule has 2 aliphatic rings. The van der Waals surface area contributed by atoms with Gasteiger partial charge in [-0.25, -0.2) is 0 Å². The van der Waals surface area contributed by atoms with E-state index in [4.69, 9.17) is 4.74 Å². The van der Waals surface area contributed by atoms with E-state index < -0.39 is 0 Å². The minimum Gasteiger partial charge on any atom is -0.484 e. The second kappa shape index (κ2) is 9.49. The van der Waals surface area contributed by atoms with E-state index in [9.17, 15) is 9.59 Å². The van der Waals surface area contributed by atoms with Crippen molar-refractivity contribution in [3.05, 3.63) is 90.0 Å². The molecule has 3 aromatic rings. The van der Waals surface area contributed by atoms with Crippen LogP contribution in [0.4, 0.5) is 0 Å². The van der Waals surface area contributed by atoms with E-state index in [1.807, 2.05) is 52.3 Å². The second-order valence-corrected chi connectivity index (χ2v) is 8.77. The average molecular weight is 441 g/mol. The molecule has 0 N–H and O–H groups in total. The molecule has 2 heterocycles. The Balaban J connectivity index is 1.22. The number of piperidine rings is 1. The second-order valence-electron chi connectivity index (χ2n) is 8.77. The largest absolute Gasteiger partial charge is 0.484 e. The fourth-order valence-electron chi connectivity index (χ4n) is 4.85. The van der Waals surface area contributed by atoms with E-state index in [-0.39, 0.29) is 24.3 Å². The van der Waals surface area contributed by atoms with Crippen molar-refractivity contribution in [3.8, 4) is 16.9 Å².